The molecule has 2 N–H and O–H groups in total. The standard InChI is InChI=1S/C17H18N2OS2/c1-17(20,15-8-5-9-21-15)12-18-10-14-11-19-16(22-14)13-6-3-2-4-7-13/h2-9,11,18,20H,10,12H2,1H3. The van der Waals surface area contributed by atoms with E-state index in [4.69, 9.17) is 0 Å². The number of hydrogen-bond donors (Lipinski definition) is 2. The summed E-state index contributed by atoms with van der Waals surface area (Å²) >= 11 is 3.26. The van der Waals surface area contributed by atoms with Crippen LogP contribution in [0.1, 0.15) is 16.7 Å². The second kappa shape index (κ2) is 6.71. The monoisotopic (exact) mass is 330 g/mol. The summed E-state index contributed by atoms with van der Waals surface area (Å²) < 4.78 is 0. The molecule has 1 atom stereocenters. The number of benzene rings is 1. The molecule has 0 bridgehead atoms. The van der Waals surface area contributed by atoms with Crippen molar-refractivity contribution >= 4 is 22.7 Å². The van der Waals surface area contributed by atoms with Crippen LogP contribution in [-0.4, -0.2) is 16.6 Å². The van der Waals surface area contributed by atoms with E-state index in [2.05, 4.69) is 22.4 Å². The van der Waals surface area contributed by atoms with Crippen LogP contribution in [0.25, 0.3) is 10.6 Å². The first kappa shape index (κ1) is 15.4. The highest BCUT2D eigenvalue weighted by atomic mass is 32.1. The third-order valence-electron chi connectivity index (χ3n) is 3.39. The normalized spacial score (nSPS) is 13.9. The molecule has 2 heterocycles. The highest BCUT2D eigenvalue weighted by Gasteiger charge is 2.23. The molecule has 0 spiro atoms. The average Bonchev–Trinajstić information content (AvgIpc) is 3.20. The van der Waals surface area contributed by atoms with Gasteiger partial charge in [0.15, 0.2) is 0 Å². The van der Waals surface area contributed by atoms with E-state index in [1.54, 1.807) is 22.7 Å². The lowest BCUT2D eigenvalue weighted by atomic mass is 10.1. The van der Waals surface area contributed by atoms with Gasteiger partial charge in [-0.25, -0.2) is 4.98 Å². The molecular formula is C17H18N2OS2. The molecule has 1 unspecified atom stereocenters. The zero-order chi connectivity index (χ0) is 15.4. The van der Waals surface area contributed by atoms with Gasteiger partial charge in [-0.15, -0.1) is 22.7 Å². The molecular weight excluding hydrogens is 312 g/mol. The van der Waals surface area contributed by atoms with Crippen molar-refractivity contribution in [3.05, 3.63) is 63.8 Å². The van der Waals surface area contributed by atoms with Crippen LogP contribution >= 0.6 is 22.7 Å². The van der Waals surface area contributed by atoms with Gasteiger partial charge >= 0.3 is 0 Å². The zero-order valence-corrected chi connectivity index (χ0v) is 14.0. The van der Waals surface area contributed by atoms with Crippen LogP contribution in [-0.2, 0) is 12.1 Å². The van der Waals surface area contributed by atoms with Crippen LogP contribution in [0.2, 0.25) is 0 Å². The Morgan fingerprint density at radius 3 is 2.73 bits per heavy atom. The average molecular weight is 330 g/mol. The van der Waals surface area contributed by atoms with Gasteiger partial charge in [0.05, 0.1) is 0 Å². The lowest BCUT2D eigenvalue weighted by Crippen LogP contribution is -2.34. The summed E-state index contributed by atoms with van der Waals surface area (Å²) in [6.07, 6.45) is 1.90. The quantitative estimate of drug-likeness (QED) is 0.721. The van der Waals surface area contributed by atoms with Gasteiger partial charge in [-0.2, -0.15) is 0 Å². The third kappa shape index (κ3) is 3.62. The number of aromatic nitrogens is 1. The largest absolute Gasteiger partial charge is 0.383 e. The Hall–Kier alpha value is -1.53. The van der Waals surface area contributed by atoms with Crippen molar-refractivity contribution in [2.24, 2.45) is 0 Å². The number of thiazole rings is 1. The van der Waals surface area contributed by atoms with E-state index in [1.165, 1.54) is 4.88 Å². The van der Waals surface area contributed by atoms with Crippen LogP contribution in [0.3, 0.4) is 0 Å². The van der Waals surface area contributed by atoms with E-state index in [0.717, 1.165) is 15.4 Å². The summed E-state index contributed by atoms with van der Waals surface area (Å²) in [5, 5.41) is 16.8. The van der Waals surface area contributed by atoms with Gasteiger partial charge in [0.25, 0.3) is 0 Å². The topological polar surface area (TPSA) is 45.1 Å². The Morgan fingerprint density at radius 1 is 1.18 bits per heavy atom. The highest BCUT2D eigenvalue weighted by Crippen LogP contribution is 2.26. The van der Waals surface area contributed by atoms with E-state index < -0.39 is 5.60 Å². The van der Waals surface area contributed by atoms with Crippen molar-refractivity contribution in [2.75, 3.05) is 6.54 Å². The minimum absolute atomic E-state index is 0.520. The van der Waals surface area contributed by atoms with Crippen molar-refractivity contribution in [1.82, 2.24) is 10.3 Å². The van der Waals surface area contributed by atoms with Crippen molar-refractivity contribution < 1.29 is 5.11 Å². The van der Waals surface area contributed by atoms with Crippen molar-refractivity contribution in [1.29, 1.82) is 0 Å². The number of nitrogens with one attached hydrogen (secondary N) is 1. The molecule has 0 aliphatic heterocycles. The van der Waals surface area contributed by atoms with E-state index in [9.17, 15) is 5.11 Å². The first-order valence-corrected chi connectivity index (χ1v) is 8.82. The first-order chi connectivity index (χ1) is 10.6. The smallest absolute Gasteiger partial charge is 0.123 e. The maximum absolute atomic E-state index is 10.5. The number of aliphatic hydroxyl groups is 1. The maximum atomic E-state index is 10.5. The zero-order valence-electron chi connectivity index (χ0n) is 12.3. The molecule has 0 amide bonds. The van der Waals surface area contributed by atoms with Crippen LogP contribution in [0.4, 0.5) is 0 Å². The summed E-state index contributed by atoms with van der Waals surface area (Å²) in [6, 6.07) is 14.1. The van der Waals surface area contributed by atoms with Gasteiger partial charge in [0, 0.05) is 34.6 Å². The summed E-state index contributed by atoms with van der Waals surface area (Å²) in [5.74, 6) is 0. The molecule has 1 aromatic carbocycles. The highest BCUT2D eigenvalue weighted by molar-refractivity contribution is 7.15. The molecule has 114 valence electrons. The minimum atomic E-state index is -0.832. The third-order valence-corrected chi connectivity index (χ3v) is 5.56. The SMILES string of the molecule is CC(O)(CNCc1cnc(-c2ccccc2)s1)c1cccs1. The van der Waals surface area contributed by atoms with Crippen LogP contribution in [0.15, 0.2) is 54.0 Å². The molecule has 5 heteroatoms. The fourth-order valence-electron chi connectivity index (χ4n) is 2.20. The number of thiophene rings is 1. The number of rotatable bonds is 6. The Labute approximate surface area is 138 Å². The van der Waals surface area contributed by atoms with Crippen molar-refractivity contribution in [3.63, 3.8) is 0 Å². The molecule has 22 heavy (non-hydrogen) atoms. The Balaban J connectivity index is 1.58. The molecule has 3 aromatic rings. The Morgan fingerprint density at radius 2 is 2.00 bits per heavy atom. The van der Waals surface area contributed by atoms with Crippen LogP contribution < -0.4 is 5.32 Å². The Kier molecular flexibility index (Phi) is 4.69. The summed E-state index contributed by atoms with van der Waals surface area (Å²) in [7, 11) is 0. The lowest BCUT2D eigenvalue weighted by Gasteiger charge is -2.22. The van der Waals surface area contributed by atoms with Gasteiger partial charge in [-0.1, -0.05) is 36.4 Å². The molecule has 0 saturated carbocycles. The van der Waals surface area contributed by atoms with E-state index in [0.29, 0.717) is 13.1 Å². The molecule has 2 aromatic heterocycles. The Bertz CT molecular complexity index is 705. The molecule has 0 radical (unpaired) electrons. The number of nitrogens with zero attached hydrogens (tertiary/aromatic N) is 1. The van der Waals surface area contributed by atoms with Gasteiger partial charge < -0.3 is 10.4 Å². The fraction of sp³-hybridized carbons (Fsp3) is 0.235. The predicted molar refractivity (Wildman–Crippen MR) is 93.1 cm³/mol. The van der Waals surface area contributed by atoms with Gasteiger partial charge in [0.2, 0.25) is 0 Å². The minimum Gasteiger partial charge on any atom is -0.383 e. The first-order valence-electron chi connectivity index (χ1n) is 7.12. The van der Waals surface area contributed by atoms with Gasteiger partial charge in [-0.05, 0) is 18.4 Å². The predicted octanol–water partition coefficient (Wildman–Crippen LogP) is 3.87. The van der Waals surface area contributed by atoms with E-state index >= 15 is 0 Å². The van der Waals surface area contributed by atoms with Gasteiger partial charge in [-0.3, -0.25) is 0 Å². The van der Waals surface area contributed by atoms with E-state index in [-0.39, 0.29) is 0 Å². The molecule has 3 rings (SSSR count). The van der Waals surface area contributed by atoms with Crippen molar-refractivity contribution in [2.45, 2.75) is 19.1 Å². The van der Waals surface area contributed by atoms with Gasteiger partial charge in [0.1, 0.15) is 10.6 Å². The molecule has 0 aliphatic carbocycles. The summed E-state index contributed by atoms with van der Waals surface area (Å²) in [4.78, 5) is 6.62. The molecule has 0 aliphatic rings. The van der Waals surface area contributed by atoms with Crippen molar-refractivity contribution in [3.8, 4) is 10.6 Å². The molecule has 0 fully saturated rings. The maximum Gasteiger partial charge on any atom is 0.123 e. The second-order valence-corrected chi connectivity index (χ2v) is 7.42. The molecule has 3 nitrogen and oxygen atoms in total. The van der Waals surface area contributed by atoms with E-state index in [1.807, 2.05) is 48.8 Å². The summed E-state index contributed by atoms with van der Waals surface area (Å²) in [6.45, 7) is 3.08. The van der Waals surface area contributed by atoms with Crippen LogP contribution in [0, 0.1) is 0 Å². The lowest BCUT2D eigenvalue weighted by molar-refractivity contribution is 0.0605. The molecule has 0 saturated heterocycles. The fourth-order valence-corrected chi connectivity index (χ4v) is 3.88. The summed E-state index contributed by atoms with van der Waals surface area (Å²) in [5.41, 5.74) is 0.311. The van der Waals surface area contributed by atoms with Crippen LogP contribution in [0.5, 0.6) is 0 Å². The second-order valence-electron chi connectivity index (χ2n) is 5.35. The number of hydrogen-bond acceptors (Lipinski definition) is 5.